The fourth-order valence-electron chi connectivity index (χ4n) is 3.53. The number of hydrogen-bond acceptors (Lipinski definition) is 11. The lowest BCUT2D eigenvalue weighted by Gasteiger charge is -2.19. The summed E-state index contributed by atoms with van der Waals surface area (Å²) in [6.07, 6.45) is 0. The molecule has 11 heteroatoms. The fourth-order valence-corrected chi connectivity index (χ4v) is 4.15. The van der Waals surface area contributed by atoms with Gasteiger partial charge in [-0.05, 0) is 48.3 Å². The zero-order chi connectivity index (χ0) is 27.5. The Bertz CT molecular complexity index is 1430. The van der Waals surface area contributed by atoms with E-state index in [4.69, 9.17) is 38.9 Å². The molecule has 0 aliphatic rings. The third kappa shape index (κ3) is 7.42. The molecule has 39 heavy (non-hydrogen) atoms. The number of hydrogen-bond donors (Lipinski definition) is 2. The first-order valence-corrected chi connectivity index (χ1v) is 12.9. The van der Waals surface area contributed by atoms with Gasteiger partial charge in [0.15, 0.2) is 23.1 Å². The maximum Gasteiger partial charge on any atom is 0.185 e. The van der Waals surface area contributed by atoms with Gasteiger partial charge in [0.05, 0.1) is 62.4 Å². The molecule has 3 aromatic carbocycles. The molecule has 202 valence electrons. The van der Waals surface area contributed by atoms with Gasteiger partial charge in [0.2, 0.25) is 0 Å². The molecule has 10 nitrogen and oxygen atoms in total. The minimum atomic E-state index is 0.296. The van der Waals surface area contributed by atoms with Crippen molar-refractivity contribution in [2.75, 3.05) is 57.8 Å². The van der Waals surface area contributed by atoms with Crippen LogP contribution in [0.2, 0.25) is 0 Å². The quantitative estimate of drug-likeness (QED) is 0.155. The number of nitriles is 1. The van der Waals surface area contributed by atoms with E-state index in [2.05, 4.69) is 16.1 Å². The van der Waals surface area contributed by atoms with Crippen molar-refractivity contribution < 1.29 is 23.7 Å². The highest BCUT2D eigenvalue weighted by atomic mass is 32.2. The van der Waals surface area contributed by atoms with E-state index >= 15 is 0 Å². The Morgan fingerprint density at radius 2 is 1.56 bits per heavy atom. The molecule has 0 spiro atoms. The lowest BCUT2D eigenvalue weighted by Crippen LogP contribution is -2.11. The molecule has 0 saturated carbocycles. The molecule has 0 saturated heterocycles. The van der Waals surface area contributed by atoms with E-state index in [-0.39, 0.29) is 0 Å². The molecule has 1 aromatic heterocycles. The molecule has 0 aliphatic carbocycles. The molecule has 0 bridgehead atoms. The summed E-state index contributed by atoms with van der Waals surface area (Å²) in [6.45, 7) is 1.66. The summed E-state index contributed by atoms with van der Waals surface area (Å²) >= 11 is 1.36. The van der Waals surface area contributed by atoms with Crippen LogP contribution in [0.5, 0.6) is 17.2 Å². The number of para-hydroxylation sites is 2. The highest BCUT2D eigenvalue weighted by Crippen LogP contribution is 2.42. The first-order valence-electron chi connectivity index (χ1n) is 12.1. The van der Waals surface area contributed by atoms with Crippen LogP contribution in [0.1, 0.15) is 5.56 Å². The highest BCUT2D eigenvalue weighted by molar-refractivity contribution is 8.00. The van der Waals surface area contributed by atoms with Crippen LogP contribution in [0.4, 0.5) is 17.3 Å². The largest absolute Gasteiger partial charge is 0.497 e. The molecule has 2 N–H and O–H groups in total. The number of aromatic nitrogens is 2. The Labute approximate surface area is 231 Å². The fraction of sp³-hybridized carbons (Fsp3) is 0.250. The maximum atomic E-state index is 9.07. The third-order valence-electron chi connectivity index (χ3n) is 5.46. The highest BCUT2D eigenvalue weighted by Gasteiger charge is 2.18. The Hall–Kier alpha value is -4.24. The first kappa shape index (κ1) is 27.8. The normalized spacial score (nSPS) is 10.6. The van der Waals surface area contributed by atoms with Crippen LogP contribution in [0.3, 0.4) is 0 Å². The Morgan fingerprint density at radius 1 is 0.846 bits per heavy atom. The minimum absolute atomic E-state index is 0.296. The van der Waals surface area contributed by atoms with Crippen LogP contribution in [0.15, 0.2) is 65.6 Å². The number of anilines is 3. The summed E-state index contributed by atoms with van der Waals surface area (Å²) < 4.78 is 31.0. The Kier molecular flexibility index (Phi) is 10.0. The predicted octanol–water partition coefficient (Wildman–Crippen LogP) is 5.42. The Balaban J connectivity index is 1.64. The zero-order valence-electron chi connectivity index (χ0n) is 21.9. The summed E-state index contributed by atoms with van der Waals surface area (Å²) in [6, 6.07) is 20.6. The van der Waals surface area contributed by atoms with E-state index in [0.717, 1.165) is 15.9 Å². The second kappa shape index (κ2) is 14.1. The maximum absolute atomic E-state index is 9.07. The van der Waals surface area contributed by atoms with Crippen LogP contribution in [-0.2, 0) is 9.47 Å². The number of fused-ring (bicyclic) bond motifs is 1. The van der Waals surface area contributed by atoms with Crippen LogP contribution in [-0.4, -0.2) is 57.7 Å². The molecular weight excluding hydrogens is 518 g/mol. The van der Waals surface area contributed by atoms with Crippen molar-refractivity contribution >= 4 is 40.3 Å². The van der Waals surface area contributed by atoms with Crippen molar-refractivity contribution in [1.29, 1.82) is 5.26 Å². The van der Waals surface area contributed by atoms with E-state index in [9.17, 15) is 0 Å². The first-order chi connectivity index (χ1) is 19.1. The molecule has 4 aromatic rings. The molecular formula is C28H29N5O5S. The van der Waals surface area contributed by atoms with Gasteiger partial charge >= 0.3 is 0 Å². The van der Waals surface area contributed by atoms with Gasteiger partial charge in [-0.15, -0.1) is 0 Å². The van der Waals surface area contributed by atoms with Gasteiger partial charge in [0, 0.05) is 24.1 Å². The van der Waals surface area contributed by atoms with E-state index in [1.807, 2.05) is 36.4 Å². The Morgan fingerprint density at radius 3 is 2.23 bits per heavy atom. The smallest absolute Gasteiger partial charge is 0.185 e. The minimum Gasteiger partial charge on any atom is -0.497 e. The molecule has 4 rings (SSSR count). The summed E-state index contributed by atoms with van der Waals surface area (Å²) in [5.41, 5.74) is 2.63. The molecule has 0 unspecified atom stereocenters. The molecule has 0 amide bonds. The van der Waals surface area contributed by atoms with Gasteiger partial charge in [-0.1, -0.05) is 12.1 Å². The van der Waals surface area contributed by atoms with Crippen LogP contribution < -0.4 is 24.2 Å². The average Bonchev–Trinajstić information content (AvgIpc) is 2.98. The van der Waals surface area contributed by atoms with Crippen molar-refractivity contribution in [1.82, 2.24) is 9.97 Å². The number of ether oxygens (including phenoxy) is 5. The topological polar surface area (TPSA) is 120 Å². The van der Waals surface area contributed by atoms with Gasteiger partial charge in [-0.2, -0.15) is 5.26 Å². The molecule has 0 aliphatic heterocycles. The monoisotopic (exact) mass is 547 g/mol. The second-order valence-electron chi connectivity index (χ2n) is 8.03. The average molecular weight is 548 g/mol. The number of benzene rings is 3. The number of nitrogens with one attached hydrogen (secondary N) is 2. The predicted molar refractivity (Wildman–Crippen MR) is 151 cm³/mol. The van der Waals surface area contributed by atoms with Crippen LogP contribution in [0.25, 0.3) is 11.0 Å². The van der Waals surface area contributed by atoms with E-state index in [0.29, 0.717) is 66.6 Å². The van der Waals surface area contributed by atoms with Gasteiger partial charge < -0.3 is 33.7 Å². The molecule has 0 fully saturated rings. The molecule has 0 atom stereocenters. The number of rotatable bonds is 14. The van der Waals surface area contributed by atoms with E-state index in [1.54, 1.807) is 45.6 Å². The van der Waals surface area contributed by atoms with Crippen molar-refractivity contribution in [2.45, 2.75) is 4.90 Å². The second-order valence-corrected chi connectivity index (χ2v) is 8.91. The molecule has 1 heterocycles. The summed E-state index contributed by atoms with van der Waals surface area (Å²) in [4.78, 5) is 10.5. The summed E-state index contributed by atoms with van der Waals surface area (Å²) in [7, 11) is 4.78. The number of nitrogens with zero attached hydrogens (tertiary/aromatic N) is 3. The third-order valence-corrected chi connectivity index (χ3v) is 6.27. The van der Waals surface area contributed by atoms with E-state index in [1.165, 1.54) is 11.9 Å². The van der Waals surface area contributed by atoms with Crippen molar-refractivity contribution in [3.8, 4) is 23.3 Å². The lowest BCUT2D eigenvalue weighted by molar-refractivity contribution is 0.0541. The molecule has 0 radical (unpaired) electrons. The zero-order valence-corrected chi connectivity index (χ0v) is 22.7. The van der Waals surface area contributed by atoms with E-state index < -0.39 is 0 Å². The standard InChI is InChI=1S/C28H29N5O5S/c1-34-12-13-37-14-15-38-26-24(16-20(35-2)17-25(26)36-3)32-27-28(31-23-7-5-4-6-22(23)30-27)33-39-21-10-8-19(18-29)9-11-21/h4-11,16-17H,12-15H2,1-3H3,(H,30,32)(H,31,33). The SMILES string of the molecule is COCCOCCOc1c(Nc2nc3ccccc3nc2NSc2ccc(C#N)cc2)cc(OC)cc1OC. The van der Waals surface area contributed by atoms with Crippen molar-refractivity contribution in [2.24, 2.45) is 0 Å². The lowest BCUT2D eigenvalue weighted by atomic mass is 10.2. The van der Waals surface area contributed by atoms with Crippen LogP contribution in [0, 0.1) is 11.3 Å². The van der Waals surface area contributed by atoms with Gasteiger partial charge in [0.25, 0.3) is 0 Å². The van der Waals surface area contributed by atoms with Crippen molar-refractivity contribution in [3.63, 3.8) is 0 Å². The summed E-state index contributed by atoms with van der Waals surface area (Å²) in [5.74, 6) is 2.54. The summed E-state index contributed by atoms with van der Waals surface area (Å²) in [5, 5.41) is 12.4. The van der Waals surface area contributed by atoms with Crippen LogP contribution >= 0.6 is 11.9 Å². The van der Waals surface area contributed by atoms with Crippen molar-refractivity contribution in [3.05, 3.63) is 66.2 Å². The van der Waals surface area contributed by atoms with Gasteiger partial charge in [-0.3, -0.25) is 0 Å². The number of methoxy groups -OCH3 is 3. The van der Waals surface area contributed by atoms with Gasteiger partial charge in [-0.25, -0.2) is 9.97 Å². The van der Waals surface area contributed by atoms with Gasteiger partial charge in [0.1, 0.15) is 12.4 Å².